The molecule has 0 saturated carbocycles. The Morgan fingerprint density at radius 3 is 2.66 bits per heavy atom. The van der Waals surface area contributed by atoms with E-state index < -0.39 is 0 Å². The van der Waals surface area contributed by atoms with Crippen molar-refractivity contribution in [2.45, 2.75) is 13.3 Å². The number of hydrogen-bond donors (Lipinski definition) is 3. The Labute approximate surface area is 199 Å². The monoisotopic (exact) mass is 460 g/mol. The van der Waals surface area contributed by atoms with Crippen LogP contribution in [-0.2, 0) is 4.79 Å². The smallest absolute Gasteiger partial charge is 0.224 e. The molecule has 9 nitrogen and oxygen atoms in total. The van der Waals surface area contributed by atoms with Gasteiger partial charge in [0, 0.05) is 58.7 Å². The Bertz CT molecular complexity index is 1690. The van der Waals surface area contributed by atoms with Crippen LogP contribution in [0.4, 0.5) is 5.69 Å². The number of anilines is 1. The lowest BCUT2D eigenvalue weighted by Crippen LogP contribution is -2.09. The second-order valence-corrected chi connectivity index (χ2v) is 8.12. The number of carbonyl (C=O) groups excluding carboxylic acids is 1. The van der Waals surface area contributed by atoms with Gasteiger partial charge in [0.05, 0.1) is 46.7 Å². The van der Waals surface area contributed by atoms with Crippen LogP contribution in [0.25, 0.3) is 55.6 Å². The lowest BCUT2D eigenvalue weighted by atomic mass is 10.1. The Balaban J connectivity index is 1.43. The normalized spacial score (nSPS) is 11.2. The van der Waals surface area contributed by atoms with Gasteiger partial charge in [-0.3, -0.25) is 29.8 Å². The predicted octanol–water partition coefficient (Wildman–Crippen LogP) is 4.97. The molecule has 170 valence electrons. The van der Waals surface area contributed by atoms with Crippen LogP contribution in [0.5, 0.6) is 0 Å². The van der Waals surface area contributed by atoms with Crippen LogP contribution >= 0.6 is 0 Å². The van der Waals surface area contributed by atoms with Crippen molar-refractivity contribution in [3.05, 3.63) is 73.7 Å². The molecule has 0 spiro atoms. The molecule has 6 rings (SSSR count). The summed E-state index contributed by atoms with van der Waals surface area (Å²) in [5.74, 6) is -0.0663. The number of aromatic amines is 2. The molecule has 0 aliphatic rings. The van der Waals surface area contributed by atoms with E-state index in [-0.39, 0.29) is 5.91 Å². The van der Waals surface area contributed by atoms with Crippen molar-refractivity contribution < 1.29 is 4.79 Å². The Kier molecular flexibility index (Phi) is 4.99. The van der Waals surface area contributed by atoms with Gasteiger partial charge in [-0.05, 0) is 24.3 Å². The molecule has 3 N–H and O–H groups in total. The van der Waals surface area contributed by atoms with Crippen LogP contribution in [0, 0.1) is 0 Å². The molecule has 0 aliphatic heterocycles. The molecule has 35 heavy (non-hydrogen) atoms. The fraction of sp³-hybridized carbons (Fsp3) is 0.0769. The minimum Gasteiger partial charge on any atom is -0.352 e. The van der Waals surface area contributed by atoms with Gasteiger partial charge in [0.25, 0.3) is 0 Å². The second kappa shape index (κ2) is 8.45. The average molecular weight is 461 g/mol. The zero-order chi connectivity index (χ0) is 23.8. The van der Waals surface area contributed by atoms with E-state index in [4.69, 9.17) is 0 Å². The molecule has 1 amide bonds. The molecule has 0 unspecified atom stereocenters. The summed E-state index contributed by atoms with van der Waals surface area (Å²) in [5.41, 5.74) is 7.53. The summed E-state index contributed by atoms with van der Waals surface area (Å²) in [7, 11) is 0. The zero-order valence-corrected chi connectivity index (χ0v) is 18.8. The highest BCUT2D eigenvalue weighted by molar-refractivity contribution is 6.01. The maximum Gasteiger partial charge on any atom is 0.224 e. The van der Waals surface area contributed by atoms with Gasteiger partial charge in [0.2, 0.25) is 5.91 Å². The van der Waals surface area contributed by atoms with Gasteiger partial charge in [0.15, 0.2) is 0 Å². The Morgan fingerprint density at radius 2 is 1.80 bits per heavy atom. The Hall–Kier alpha value is -4.92. The largest absolute Gasteiger partial charge is 0.352 e. The third kappa shape index (κ3) is 3.78. The first-order valence-corrected chi connectivity index (χ1v) is 11.2. The molecular formula is C26H20N8O. The lowest BCUT2D eigenvalue weighted by molar-refractivity contribution is -0.115. The van der Waals surface area contributed by atoms with Crippen molar-refractivity contribution in [1.29, 1.82) is 0 Å². The van der Waals surface area contributed by atoms with Crippen molar-refractivity contribution in [2.75, 3.05) is 5.32 Å². The Morgan fingerprint density at radius 1 is 0.914 bits per heavy atom. The molecule has 0 fully saturated rings. The number of aromatic nitrogens is 7. The topological polar surface area (TPSA) is 125 Å². The SMILES string of the molecule is CCC(=O)Nc1cncc(-c2cc3c(-c4cc5c(-c6cccnc6)cncc5[nH]4)n[nH]c3cn2)c1. The molecule has 0 radical (unpaired) electrons. The predicted molar refractivity (Wildman–Crippen MR) is 134 cm³/mol. The second-order valence-electron chi connectivity index (χ2n) is 8.12. The van der Waals surface area contributed by atoms with E-state index in [1.807, 2.05) is 49.8 Å². The minimum atomic E-state index is -0.0663. The molecular weight excluding hydrogens is 440 g/mol. The van der Waals surface area contributed by atoms with Crippen molar-refractivity contribution in [3.63, 3.8) is 0 Å². The van der Waals surface area contributed by atoms with Gasteiger partial charge in [0.1, 0.15) is 5.69 Å². The maximum absolute atomic E-state index is 11.8. The quantitative estimate of drug-likeness (QED) is 0.333. The summed E-state index contributed by atoms with van der Waals surface area (Å²) < 4.78 is 0. The molecule has 9 heteroatoms. The number of amides is 1. The van der Waals surface area contributed by atoms with E-state index in [1.165, 1.54) is 0 Å². The molecule has 0 aromatic carbocycles. The molecule has 0 saturated heterocycles. The van der Waals surface area contributed by atoms with Gasteiger partial charge in [-0.25, -0.2) is 0 Å². The number of nitrogens with one attached hydrogen (secondary N) is 3. The van der Waals surface area contributed by atoms with Crippen LogP contribution in [0.1, 0.15) is 13.3 Å². The molecule has 0 bridgehead atoms. The lowest BCUT2D eigenvalue weighted by Gasteiger charge is -2.06. The van der Waals surface area contributed by atoms with Gasteiger partial charge >= 0.3 is 0 Å². The van der Waals surface area contributed by atoms with Gasteiger partial charge in [-0.2, -0.15) is 5.10 Å². The minimum absolute atomic E-state index is 0.0663. The first-order valence-electron chi connectivity index (χ1n) is 11.2. The molecule has 6 aromatic heterocycles. The third-order valence-corrected chi connectivity index (χ3v) is 5.86. The summed E-state index contributed by atoms with van der Waals surface area (Å²) in [4.78, 5) is 32.7. The third-order valence-electron chi connectivity index (χ3n) is 5.86. The number of H-pyrrole nitrogens is 2. The van der Waals surface area contributed by atoms with Crippen molar-refractivity contribution in [1.82, 2.24) is 35.1 Å². The summed E-state index contributed by atoms with van der Waals surface area (Å²) >= 11 is 0. The number of fused-ring (bicyclic) bond motifs is 2. The van der Waals surface area contributed by atoms with Crippen molar-refractivity contribution >= 4 is 33.4 Å². The number of pyridine rings is 4. The standard InChI is InChI=1S/C26H20N8O/c1-2-25(35)31-17-6-16(10-28-11-17)21-8-19-24(14-30-21)33-34-26(19)22-7-18-20(12-29-13-23(18)32-22)15-4-3-5-27-9-15/h3-14,32H,2H2,1H3,(H,31,35)(H,33,34). The maximum atomic E-state index is 11.8. The van der Waals surface area contributed by atoms with Crippen LogP contribution in [0.15, 0.2) is 73.7 Å². The molecule has 0 aliphatic carbocycles. The zero-order valence-electron chi connectivity index (χ0n) is 18.8. The van der Waals surface area contributed by atoms with E-state index in [9.17, 15) is 4.79 Å². The van der Waals surface area contributed by atoms with Crippen LogP contribution in [0.3, 0.4) is 0 Å². The highest BCUT2D eigenvalue weighted by Gasteiger charge is 2.15. The van der Waals surface area contributed by atoms with Crippen LogP contribution in [-0.4, -0.2) is 41.0 Å². The molecule has 0 atom stereocenters. The number of nitrogens with zero attached hydrogens (tertiary/aromatic N) is 5. The van der Waals surface area contributed by atoms with Crippen molar-refractivity contribution in [2.24, 2.45) is 0 Å². The molecule has 6 aromatic rings. The van der Waals surface area contributed by atoms with Gasteiger partial charge < -0.3 is 10.3 Å². The van der Waals surface area contributed by atoms with Crippen LogP contribution < -0.4 is 5.32 Å². The van der Waals surface area contributed by atoms with Crippen molar-refractivity contribution in [3.8, 4) is 33.8 Å². The first kappa shape index (κ1) is 20.7. The fourth-order valence-corrected chi connectivity index (χ4v) is 4.11. The molecule has 6 heterocycles. The summed E-state index contributed by atoms with van der Waals surface area (Å²) in [6.45, 7) is 1.81. The summed E-state index contributed by atoms with van der Waals surface area (Å²) in [6, 6.07) is 9.85. The average Bonchev–Trinajstić information content (AvgIpc) is 3.53. The van der Waals surface area contributed by atoms with Gasteiger partial charge in [-0.1, -0.05) is 13.0 Å². The van der Waals surface area contributed by atoms with E-state index in [0.29, 0.717) is 12.1 Å². The summed E-state index contributed by atoms with van der Waals surface area (Å²) in [6.07, 6.45) is 12.7. The number of hydrogen-bond acceptors (Lipinski definition) is 6. The highest BCUT2D eigenvalue weighted by atomic mass is 16.1. The van der Waals surface area contributed by atoms with E-state index >= 15 is 0 Å². The van der Waals surface area contributed by atoms with E-state index in [2.05, 4.69) is 46.5 Å². The number of rotatable bonds is 5. The van der Waals surface area contributed by atoms with E-state index in [0.717, 1.165) is 55.6 Å². The van der Waals surface area contributed by atoms with Crippen LogP contribution in [0.2, 0.25) is 0 Å². The van der Waals surface area contributed by atoms with E-state index in [1.54, 1.807) is 24.8 Å². The van der Waals surface area contributed by atoms with Gasteiger partial charge in [-0.15, -0.1) is 0 Å². The highest BCUT2D eigenvalue weighted by Crippen LogP contribution is 2.34. The number of carbonyl (C=O) groups is 1. The fourth-order valence-electron chi connectivity index (χ4n) is 4.11. The first-order chi connectivity index (χ1) is 17.2. The summed E-state index contributed by atoms with van der Waals surface area (Å²) in [5, 5.41) is 12.4.